The molecule has 0 unspecified atom stereocenters. The van der Waals surface area contributed by atoms with Crippen LogP contribution >= 0.6 is 0 Å². The molecule has 3 fully saturated rings. The maximum absolute atomic E-state index is 16.9. The summed E-state index contributed by atoms with van der Waals surface area (Å²) < 4.78 is 22.1. The van der Waals surface area contributed by atoms with Gasteiger partial charge in [0.1, 0.15) is 0 Å². The fourth-order valence-corrected chi connectivity index (χ4v) is 7.22. The van der Waals surface area contributed by atoms with E-state index in [2.05, 4.69) is 0 Å². The van der Waals surface area contributed by atoms with E-state index in [4.69, 9.17) is 4.74 Å². The highest BCUT2D eigenvalue weighted by Gasteiger charge is 2.76. The number of fused-ring (bicyclic) bond motifs is 5. The van der Waals surface area contributed by atoms with E-state index in [9.17, 15) is 19.8 Å². The molecule has 4 aliphatic rings. The first-order chi connectivity index (χ1) is 13.5. The van der Waals surface area contributed by atoms with Gasteiger partial charge in [0.15, 0.2) is 17.1 Å². The van der Waals surface area contributed by atoms with Crippen LogP contribution in [-0.4, -0.2) is 45.9 Å². The van der Waals surface area contributed by atoms with Gasteiger partial charge >= 0.3 is 5.97 Å². The Bertz CT molecular complexity index is 820. The molecule has 0 amide bonds. The second kappa shape index (κ2) is 6.24. The van der Waals surface area contributed by atoms with Crippen molar-refractivity contribution in [3.05, 3.63) is 23.8 Å². The summed E-state index contributed by atoms with van der Waals surface area (Å²) in [6.07, 6.45) is 4.63. The van der Waals surface area contributed by atoms with E-state index in [0.717, 1.165) is 5.57 Å². The zero-order valence-electron chi connectivity index (χ0n) is 17.6. The zero-order valence-corrected chi connectivity index (χ0v) is 17.6. The summed E-state index contributed by atoms with van der Waals surface area (Å²) in [5, 5.41) is 22.8. The largest absolute Gasteiger partial charge is 0.464 e. The summed E-state index contributed by atoms with van der Waals surface area (Å²) in [5.41, 5.74) is -5.05. The minimum Gasteiger partial charge on any atom is -0.464 e. The van der Waals surface area contributed by atoms with Gasteiger partial charge in [0, 0.05) is 16.7 Å². The maximum atomic E-state index is 16.9. The van der Waals surface area contributed by atoms with Crippen LogP contribution in [0.4, 0.5) is 4.39 Å². The summed E-state index contributed by atoms with van der Waals surface area (Å²) in [7, 11) is 0. The van der Waals surface area contributed by atoms with Crippen LogP contribution in [-0.2, 0) is 14.3 Å². The van der Waals surface area contributed by atoms with Crippen LogP contribution in [0.3, 0.4) is 0 Å². The summed E-state index contributed by atoms with van der Waals surface area (Å²) in [5.74, 6) is -2.03. The molecule has 5 nitrogen and oxygen atoms in total. The smallest absolute Gasteiger partial charge is 0.338 e. The summed E-state index contributed by atoms with van der Waals surface area (Å²) in [4.78, 5) is 24.7. The summed E-state index contributed by atoms with van der Waals surface area (Å²) in [6.45, 7) is 7.21. The van der Waals surface area contributed by atoms with Crippen LogP contribution in [0.5, 0.6) is 0 Å². The standard InChI is InChI=1S/C23H31FO5/c1-5-29-19(27)23(28)13(2)10-17-16-7-6-14-11-15(25)8-9-20(14,3)22(16,24)18(26)12-21(17,23)4/h8-9,11,13,16-18,26,28H,5-7,10,12H2,1-4H3/t13-,16+,17+,18+,20+,21+,22+,23+/m1/s1. The lowest BCUT2D eigenvalue weighted by molar-refractivity contribution is -0.227. The van der Waals surface area contributed by atoms with Crippen molar-refractivity contribution in [1.82, 2.24) is 0 Å². The van der Waals surface area contributed by atoms with Crippen LogP contribution in [0.25, 0.3) is 0 Å². The number of ketones is 1. The first-order valence-corrected chi connectivity index (χ1v) is 10.7. The van der Waals surface area contributed by atoms with Gasteiger partial charge in [-0.25, -0.2) is 9.18 Å². The molecule has 0 aromatic heterocycles. The Morgan fingerprint density at radius 2 is 2.03 bits per heavy atom. The van der Waals surface area contributed by atoms with Crippen molar-refractivity contribution < 1.29 is 28.9 Å². The van der Waals surface area contributed by atoms with E-state index in [1.807, 2.05) is 6.92 Å². The van der Waals surface area contributed by atoms with Gasteiger partial charge < -0.3 is 14.9 Å². The van der Waals surface area contributed by atoms with Gasteiger partial charge in [0.2, 0.25) is 0 Å². The van der Waals surface area contributed by atoms with Gasteiger partial charge in [-0.1, -0.05) is 25.5 Å². The van der Waals surface area contributed by atoms with Crippen molar-refractivity contribution in [1.29, 1.82) is 0 Å². The lowest BCUT2D eigenvalue weighted by Crippen LogP contribution is -2.69. The number of hydrogen-bond donors (Lipinski definition) is 2. The third-order valence-electron chi connectivity index (χ3n) is 8.81. The molecular formula is C23H31FO5. The Kier molecular flexibility index (Phi) is 4.46. The minimum atomic E-state index is -1.96. The number of rotatable bonds is 2. The quantitative estimate of drug-likeness (QED) is 0.689. The molecule has 2 N–H and O–H groups in total. The van der Waals surface area contributed by atoms with Crippen LogP contribution in [0.15, 0.2) is 23.8 Å². The normalized spacial score (nSPS) is 51.0. The Balaban J connectivity index is 1.81. The third kappa shape index (κ3) is 2.27. The zero-order chi connectivity index (χ0) is 21.4. The topological polar surface area (TPSA) is 83.8 Å². The number of allylic oxidation sites excluding steroid dienone is 4. The van der Waals surface area contributed by atoms with Crippen LogP contribution in [0.2, 0.25) is 0 Å². The van der Waals surface area contributed by atoms with Gasteiger partial charge in [-0.2, -0.15) is 0 Å². The molecule has 0 spiro atoms. The first kappa shape index (κ1) is 20.7. The molecule has 0 aliphatic heterocycles. The lowest BCUT2D eigenvalue weighted by atomic mass is 9.45. The number of hydrogen-bond acceptors (Lipinski definition) is 5. The number of halogens is 1. The van der Waals surface area contributed by atoms with Crippen molar-refractivity contribution in [2.24, 2.45) is 28.6 Å². The molecule has 0 radical (unpaired) electrons. The Morgan fingerprint density at radius 1 is 1.34 bits per heavy atom. The molecule has 6 heteroatoms. The van der Waals surface area contributed by atoms with Crippen molar-refractivity contribution in [2.45, 2.75) is 70.8 Å². The van der Waals surface area contributed by atoms with Gasteiger partial charge in [-0.15, -0.1) is 0 Å². The molecule has 3 saturated carbocycles. The molecule has 0 bridgehead atoms. The Labute approximate surface area is 171 Å². The van der Waals surface area contributed by atoms with E-state index in [0.29, 0.717) is 19.3 Å². The van der Waals surface area contributed by atoms with Crippen molar-refractivity contribution in [2.75, 3.05) is 6.61 Å². The van der Waals surface area contributed by atoms with E-state index >= 15 is 4.39 Å². The number of ether oxygens (including phenoxy) is 1. The number of alkyl halides is 1. The SMILES string of the molecule is CCOC(=O)[C@@]1(O)[C@H](C)C[C@H]2[C@@H]3CCC4=CC(=O)C=C[C@]4(C)[C@@]3(F)[C@@H](O)C[C@@]21C. The highest BCUT2D eigenvalue weighted by atomic mass is 19.1. The monoisotopic (exact) mass is 406 g/mol. The van der Waals surface area contributed by atoms with E-state index in [1.165, 1.54) is 12.2 Å². The molecule has 0 aromatic rings. The first-order valence-electron chi connectivity index (χ1n) is 10.7. The van der Waals surface area contributed by atoms with E-state index in [1.54, 1.807) is 26.8 Å². The van der Waals surface area contributed by atoms with Gasteiger partial charge in [0.05, 0.1) is 12.7 Å². The maximum Gasteiger partial charge on any atom is 0.338 e. The average molecular weight is 406 g/mol. The van der Waals surface area contributed by atoms with Crippen LogP contribution in [0.1, 0.15) is 53.4 Å². The second-order valence-corrected chi connectivity index (χ2v) is 9.89. The molecule has 0 saturated heterocycles. The molecule has 0 heterocycles. The lowest BCUT2D eigenvalue weighted by Gasteiger charge is -2.62. The number of aliphatic hydroxyl groups excluding tert-OH is 1. The number of carbonyl (C=O) groups excluding carboxylic acids is 2. The second-order valence-electron chi connectivity index (χ2n) is 9.89. The summed E-state index contributed by atoms with van der Waals surface area (Å²) >= 11 is 0. The molecule has 4 aliphatic carbocycles. The number of esters is 1. The molecule has 29 heavy (non-hydrogen) atoms. The third-order valence-corrected chi connectivity index (χ3v) is 8.81. The average Bonchev–Trinajstić information content (AvgIpc) is 2.85. The summed E-state index contributed by atoms with van der Waals surface area (Å²) in [6, 6.07) is 0. The van der Waals surface area contributed by atoms with Gasteiger partial charge in [-0.3, -0.25) is 4.79 Å². The van der Waals surface area contributed by atoms with E-state index in [-0.39, 0.29) is 24.7 Å². The highest BCUT2D eigenvalue weighted by Crippen LogP contribution is 2.70. The molecule has 160 valence electrons. The Morgan fingerprint density at radius 3 is 2.69 bits per heavy atom. The fraction of sp³-hybridized carbons (Fsp3) is 0.739. The molecule has 8 atom stereocenters. The highest BCUT2D eigenvalue weighted by molar-refractivity contribution is 6.01. The fourth-order valence-electron chi connectivity index (χ4n) is 7.22. The van der Waals surface area contributed by atoms with Crippen molar-refractivity contribution in [3.8, 4) is 0 Å². The van der Waals surface area contributed by atoms with E-state index < -0.39 is 46.0 Å². The van der Waals surface area contributed by atoms with Gasteiger partial charge in [0.25, 0.3) is 0 Å². The van der Waals surface area contributed by atoms with Gasteiger partial charge in [-0.05, 0) is 63.5 Å². The van der Waals surface area contributed by atoms with Crippen LogP contribution < -0.4 is 0 Å². The molecule has 0 aromatic carbocycles. The molecule has 4 rings (SSSR count). The van der Waals surface area contributed by atoms with Crippen molar-refractivity contribution >= 4 is 11.8 Å². The predicted molar refractivity (Wildman–Crippen MR) is 104 cm³/mol. The predicted octanol–water partition coefficient (Wildman–Crippen LogP) is 2.90. The number of aliphatic hydroxyl groups is 2. The number of carbonyl (C=O) groups is 2. The van der Waals surface area contributed by atoms with Crippen molar-refractivity contribution in [3.63, 3.8) is 0 Å². The molecular weight excluding hydrogens is 375 g/mol. The Hall–Kier alpha value is -1.53. The van der Waals surface area contributed by atoms with Crippen LogP contribution in [0, 0.1) is 28.6 Å². The minimum absolute atomic E-state index is 0.0328.